The van der Waals surface area contributed by atoms with E-state index in [0.29, 0.717) is 0 Å². The number of rotatable bonds is 4. The Balaban J connectivity index is 2.84. The summed E-state index contributed by atoms with van der Waals surface area (Å²) in [5.74, 6) is 0. The van der Waals surface area contributed by atoms with Crippen molar-refractivity contribution in [3.05, 3.63) is 42.0 Å². The molecule has 1 rings (SSSR count). The minimum Gasteiger partial charge on any atom is -0.397 e. The van der Waals surface area contributed by atoms with Crippen LogP contribution in [0.3, 0.4) is 0 Å². The number of hydrogen-bond acceptors (Lipinski definition) is 2. The number of benzene rings is 1. The molecule has 3 heteroatoms. The molecule has 0 N–H and O–H groups in total. The molecule has 0 unspecified atom stereocenters. The van der Waals surface area contributed by atoms with Gasteiger partial charge in [-0.15, -0.1) is 0 Å². The van der Waals surface area contributed by atoms with Crippen LogP contribution in [0, 0.1) is 11.3 Å². The summed E-state index contributed by atoms with van der Waals surface area (Å²) in [6, 6.07) is 12.2. The van der Waals surface area contributed by atoms with Gasteiger partial charge in [0.25, 0.3) is 0 Å². The van der Waals surface area contributed by atoms with E-state index in [-0.39, 0.29) is 0 Å². The Bertz CT molecular complexity index is 428. The lowest BCUT2D eigenvalue weighted by molar-refractivity contribution is 0.193. The predicted molar refractivity (Wildman–Crippen MR) is 73.9 cm³/mol. The van der Waals surface area contributed by atoms with E-state index in [2.05, 4.69) is 25.7 Å². The first kappa shape index (κ1) is 13.7. The topological polar surface area (TPSA) is 33.0 Å². The summed E-state index contributed by atoms with van der Waals surface area (Å²) >= 11 is 0. The van der Waals surface area contributed by atoms with E-state index >= 15 is 0 Å². The average Bonchev–Trinajstić information content (AvgIpc) is 2.26. The molecule has 0 heterocycles. The normalized spacial score (nSPS) is 15.5. The van der Waals surface area contributed by atoms with Gasteiger partial charge in [-0.05, 0) is 38.2 Å². The summed E-state index contributed by atoms with van der Waals surface area (Å²) in [6.07, 6.45) is 3.77. The molecule has 0 fully saturated rings. The van der Waals surface area contributed by atoms with Gasteiger partial charge in [-0.3, -0.25) is 0 Å². The van der Waals surface area contributed by atoms with Crippen molar-refractivity contribution < 1.29 is 4.43 Å². The second-order valence-corrected chi connectivity index (χ2v) is 9.61. The van der Waals surface area contributed by atoms with Gasteiger partial charge in [0.05, 0.1) is 0 Å². The average molecular weight is 245 g/mol. The fraction of sp³-hybridized carbons (Fsp3) is 0.357. The predicted octanol–water partition coefficient (Wildman–Crippen LogP) is 3.83. The van der Waals surface area contributed by atoms with Crippen LogP contribution in [0.1, 0.15) is 12.5 Å². The van der Waals surface area contributed by atoms with Crippen LogP contribution in [0.4, 0.5) is 0 Å². The SMILES string of the molecule is C[C@](C#N)(C=Cc1ccccc1)O[Si](C)(C)C. The second kappa shape index (κ2) is 5.31. The van der Waals surface area contributed by atoms with E-state index in [1.807, 2.05) is 49.4 Å². The molecule has 0 amide bonds. The lowest BCUT2D eigenvalue weighted by atomic mass is 10.1. The van der Waals surface area contributed by atoms with Gasteiger partial charge < -0.3 is 4.43 Å². The molecular formula is C14H19NOSi. The Morgan fingerprint density at radius 2 is 1.82 bits per heavy atom. The number of nitrogens with zero attached hydrogens (tertiary/aromatic N) is 1. The van der Waals surface area contributed by atoms with Crippen LogP contribution in [0.2, 0.25) is 19.6 Å². The second-order valence-electron chi connectivity index (χ2n) is 5.18. The summed E-state index contributed by atoms with van der Waals surface area (Å²) in [5.41, 5.74) is 0.244. The molecule has 0 bridgehead atoms. The summed E-state index contributed by atoms with van der Waals surface area (Å²) in [4.78, 5) is 0. The quantitative estimate of drug-likeness (QED) is 0.755. The molecule has 0 saturated carbocycles. The number of hydrogen-bond donors (Lipinski definition) is 0. The fourth-order valence-electron chi connectivity index (χ4n) is 1.55. The Morgan fingerprint density at radius 1 is 1.24 bits per heavy atom. The van der Waals surface area contributed by atoms with Gasteiger partial charge in [0.15, 0.2) is 13.9 Å². The van der Waals surface area contributed by atoms with Crippen LogP contribution in [-0.2, 0) is 4.43 Å². The summed E-state index contributed by atoms with van der Waals surface area (Å²) < 4.78 is 5.89. The fourth-order valence-corrected chi connectivity index (χ4v) is 2.94. The first-order chi connectivity index (χ1) is 7.85. The first-order valence-electron chi connectivity index (χ1n) is 5.70. The third kappa shape index (κ3) is 4.99. The highest BCUT2D eigenvalue weighted by molar-refractivity contribution is 6.69. The van der Waals surface area contributed by atoms with Crippen molar-refractivity contribution in [2.45, 2.75) is 32.2 Å². The third-order valence-corrected chi connectivity index (χ3v) is 3.17. The van der Waals surface area contributed by atoms with Crippen LogP contribution in [0.15, 0.2) is 36.4 Å². The van der Waals surface area contributed by atoms with Gasteiger partial charge in [-0.25, -0.2) is 0 Å². The van der Waals surface area contributed by atoms with Crippen LogP contribution < -0.4 is 0 Å². The molecular weight excluding hydrogens is 226 g/mol. The third-order valence-electron chi connectivity index (χ3n) is 2.13. The standard InChI is InChI=1S/C14H19NOSi/c1-14(12-15,16-17(2,3)4)11-10-13-8-6-5-7-9-13/h5-11H,1-4H3/t14-/m1/s1. The van der Waals surface area contributed by atoms with Crippen LogP contribution in [0.25, 0.3) is 6.08 Å². The molecule has 0 aliphatic rings. The first-order valence-corrected chi connectivity index (χ1v) is 9.11. The van der Waals surface area contributed by atoms with Gasteiger partial charge in [-0.2, -0.15) is 5.26 Å². The van der Waals surface area contributed by atoms with Gasteiger partial charge in [-0.1, -0.05) is 36.4 Å². The molecule has 0 saturated heterocycles. The molecule has 0 spiro atoms. The lowest BCUT2D eigenvalue weighted by Crippen LogP contribution is -2.38. The number of nitriles is 1. The van der Waals surface area contributed by atoms with Gasteiger partial charge in [0.2, 0.25) is 0 Å². The van der Waals surface area contributed by atoms with Crippen LogP contribution in [-0.4, -0.2) is 13.9 Å². The van der Waals surface area contributed by atoms with Crippen LogP contribution in [0.5, 0.6) is 0 Å². The molecule has 0 aromatic heterocycles. The molecule has 0 aliphatic carbocycles. The maximum Gasteiger partial charge on any atom is 0.186 e. The van der Waals surface area contributed by atoms with Gasteiger partial charge >= 0.3 is 0 Å². The summed E-state index contributed by atoms with van der Waals surface area (Å²) in [7, 11) is -1.73. The van der Waals surface area contributed by atoms with Crippen molar-refractivity contribution in [2.24, 2.45) is 0 Å². The Kier molecular flexibility index (Phi) is 4.27. The lowest BCUT2D eigenvalue weighted by Gasteiger charge is -2.27. The van der Waals surface area contributed by atoms with Crippen molar-refractivity contribution in [2.75, 3.05) is 0 Å². The summed E-state index contributed by atoms with van der Waals surface area (Å²) in [5, 5.41) is 9.22. The van der Waals surface area contributed by atoms with E-state index in [1.54, 1.807) is 0 Å². The van der Waals surface area contributed by atoms with E-state index in [0.717, 1.165) is 5.56 Å². The molecule has 17 heavy (non-hydrogen) atoms. The molecule has 0 radical (unpaired) electrons. The Morgan fingerprint density at radius 3 is 2.29 bits per heavy atom. The minimum atomic E-state index is -1.73. The zero-order chi connectivity index (χ0) is 12.9. The van der Waals surface area contributed by atoms with E-state index in [9.17, 15) is 5.26 Å². The van der Waals surface area contributed by atoms with Crippen molar-refractivity contribution >= 4 is 14.4 Å². The molecule has 2 nitrogen and oxygen atoms in total. The highest BCUT2D eigenvalue weighted by Gasteiger charge is 2.28. The monoisotopic (exact) mass is 245 g/mol. The highest BCUT2D eigenvalue weighted by Crippen LogP contribution is 2.19. The van der Waals surface area contributed by atoms with E-state index < -0.39 is 13.9 Å². The molecule has 1 aromatic rings. The Labute approximate surface area is 105 Å². The highest BCUT2D eigenvalue weighted by atomic mass is 28.4. The Hall–Kier alpha value is -1.37. The van der Waals surface area contributed by atoms with Gasteiger partial charge in [0, 0.05) is 0 Å². The molecule has 90 valence electrons. The van der Waals surface area contributed by atoms with Gasteiger partial charge in [0.1, 0.15) is 6.07 Å². The largest absolute Gasteiger partial charge is 0.397 e. The van der Waals surface area contributed by atoms with E-state index in [4.69, 9.17) is 4.43 Å². The van der Waals surface area contributed by atoms with Crippen molar-refractivity contribution in [3.8, 4) is 6.07 Å². The molecule has 1 atom stereocenters. The molecule has 1 aromatic carbocycles. The van der Waals surface area contributed by atoms with E-state index in [1.165, 1.54) is 0 Å². The smallest absolute Gasteiger partial charge is 0.186 e. The zero-order valence-corrected chi connectivity index (χ0v) is 11.9. The molecule has 0 aliphatic heterocycles. The van der Waals surface area contributed by atoms with Crippen LogP contribution >= 0.6 is 0 Å². The summed E-state index contributed by atoms with van der Waals surface area (Å²) in [6.45, 7) is 8.06. The zero-order valence-electron chi connectivity index (χ0n) is 10.9. The maximum atomic E-state index is 9.22. The minimum absolute atomic E-state index is 0.833. The van der Waals surface area contributed by atoms with Crippen molar-refractivity contribution in [3.63, 3.8) is 0 Å². The van der Waals surface area contributed by atoms with Crippen molar-refractivity contribution in [1.29, 1.82) is 5.26 Å². The van der Waals surface area contributed by atoms with Crippen molar-refractivity contribution in [1.82, 2.24) is 0 Å². The maximum absolute atomic E-state index is 9.22.